The first-order valence-electron chi connectivity index (χ1n) is 10.9. The van der Waals surface area contributed by atoms with Gasteiger partial charge in [0.2, 0.25) is 15.9 Å². The Labute approximate surface area is 184 Å². The molecule has 0 saturated carbocycles. The lowest BCUT2D eigenvalue weighted by atomic mass is 9.95. The highest BCUT2D eigenvalue weighted by Gasteiger charge is 2.33. The van der Waals surface area contributed by atoms with Gasteiger partial charge in [0.15, 0.2) is 0 Å². The first kappa shape index (κ1) is 22.0. The fraction of sp³-hybridized carbons (Fsp3) is 0.545. The second kappa shape index (κ2) is 9.50. The van der Waals surface area contributed by atoms with E-state index in [0.29, 0.717) is 26.2 Å². The second-order valence-corrected chi connectivity index (χ2v) is 10.4. The van der Waals surface area contributed by atoms with Gasteiger partial charge in [-0.05, 0) is 31.5 Å². The number of carbonyl (C=O) groups excluding carboxylic acids is 1. The van der Waals surface area contributed by atoms with Crippen molar-refractivity contribution in [3.63, 3.8) is 0 Å². The Morgan fingerprint density at radius 3 is 2.32 bits per heavy atom. The van der Waals surface area contributed by atoms with E-state index in [9.17, 15) is 13.2 Å². The van der Waals surface area contributed by atoms with Crippen LogP contribution in [-0.2, 0) is 34.2 Å². The number of hydrogen-bond donors (Lipinski definition) is 0. The van der Waals surface area contributed by atoms with Crippen molar-refractivity contribution in [2.75, 3.05) is 39.3 Å². The van der Waals surface area contributed by atoms with Crippen LogP contribution in [0.2, 0.25) is 0 Å². The monoisotopic (exact) mass is 445 g/mol. The van der Waals surface area contributed by atoms with Crippen LogP contribution in [-0.4, -0.2) is 77.2 Å². The number of hydrogen-bond acceptors (Lipinski definition) is 5. The maximum absolute atomic E-state index is 13.0. The third kappa shape index (κ3) is 5.34. The number of carbonyl (C=O) groups is 1. The van der Waals surface area contributed by atoms with Gasteiger partial charge in [-0.25, -0.2) is 13.4 Å². The van der Waals surface area contributed by atoms with Crippen molar-refractivity contribution >= 4 is 15.9 Å². The molecule has 0 unspecified atom stereocenters. The Morgan fingerprint density at radius 1 is 1.03 bits per heavy atom. The van der Waals surface area contributed by atoms with Crippen molar-refractivity contribution in [2.45, 2.75) is 25.1 Å². The SMILES string of the molecule is Cn1ccnc1CN1CCC(C(=O)N2CCN(S(=O)(=O)Cc3ccccc3)CC2)CC1. The normalized spacial score (nSPS) is 19.6. The predicted octanol–water partition coefficient (Wildman–Crippen LogP) is 1.31. The van der Waals surface area contributed by atoms with Crippen molar-refractivity contribution in [3.8, 4) is 0 Å². The highest BCUT2D eigenvalue weighted by Crippen LogP contribution is 2.22. The fourth-order valence-corrected chi connectivity index (χ4v) is 5.92. The molecule has 1 amide bonds. The minimum Gasteiger partial charge on any atom is -0.340 e. The highest BCUT2D eigenvalue weighted by atomic mass is 32.2. The largest absolute Gasteiger partial charge is 0.340 e. The lowest BCUT2D eigenvalue weighted by molar-refractivity contribution is -0.138. The van der Waals surface area contributed by atoms with Gasteiger partial charge in [-0.15, -0.1) is 0 Å². The Hall–Kier alpha value is -2.23. The average Bonchev–Trinajstić information content (AvgIpc) is 3.18. The summed E-state index contributed by atoms with van der Waals surface area (Å²) in [5.41, 5.74) is 0.790. The lowest BCUT2D eigenvalue weighted by Crippen LogP contribution is -2.53. The Kier molecular flexibility index (Phi) is 6.74. The van der Waals surface area contributed by atoms with Gasteiger partial charge in [-0.2, -0.15) is 4.31 Å². The van der Waals surface area contributed by atoms with E-state index < -0.39 is 10.0 Å². The van der Waals surface area contributed by atoms with Crippen LogP contribution in [0.5, 0.6) is 0 Å². The smallest absolute Gasteiger partial charge is 0.225 e. The van der Waals surface area contributed by atoms with Crippen molar-refractivity contribution in [1.29, 1.82) is 0 Å². The van der Waals surface area contributed by atoms with Crippen LogP contribution in [0.25, 0.3) is 0 Å². The topological polar surface area (TPSA) is 78.8 Å². The van der Waals surface area contributed by atoms with Crippen LogP contribution >= 0.6 is 0 Å². The first-order chi connectivity index (χ1) is 14.9. The second-order valence-electron chi connectivity index (χ2n) is 8.47. The van der Waals surface area contributed by atoms with Gasteiger partial charge in [-0.1, -0.05) is 30.3 Å². The zero-order chi connectivity index (χ0) is 21.8. The summed E-state index contributed by atoms with van der Waals surface area (Å²) in [6, 6.07) is 9.24. The number of aromatic nitrogens is 2. The molecular formula is C22H31N5O3S. The fourth-order valence-electron chi connectivity index (χ4n) is 4.41. The molecule has 0 atom stereocenters. The number of likely N-dealkylation sites (tertiary alicyclic amines) is 1. The van der Waals surface area contributed by atoms with Gasteiger partial charge in [0, 0.05) is 51.5 Å². The molecule has 0 bridgehead atoms. The molecule has 2 aliphatic rings. The van der Waals surface area contributed by atoms with E-state index in [1.54, 1.807) is 0 Å². The van der Waals surface area contributed by atoms with Crippen LogP contribution < -0.4 is 0 Å². The van der Waals surface area contributed by atoms with Gasteiger partial charge in [0.1, 0.15) is 5.82 Å². The van der Waals surface area contributed by atoms with Gasteiger partial charge < -0.3 is 9.47 Å². The summed E-state index contributed by atoms with van der Waals surface area (Å²) in [6.07, 6.45) is 5.45. The molecule has 9 heteroatoms. The van der Waals surface area contributed by atoms with E-state index in [-0.39, 0.29) is 17.6 Å². The molecule has 1 aromatic heterocycles. The summed E-state index contributed by atoms with van der Waals surface area (Å²) in [7, 11) is -1.37. The minimum atomic E-state index is -3.37. The molecule has 8 nitrogen and oxygen atoms in total. The Bertz CT molecular complexity index is 976. The molecule has 3 heterocycles. The van der Waals surface area contributed by atoms with Crippen molar-refractivity contribution < 1.29 is 13.2 Å². The maximum Gasteiger partial charge on any atom is 0.225 e. The van der Waals surface area contributed by atoms with E-state index in [0.717, 1.165) is 43.9 Å². The summed E-state index contributed by atoms with van der Waals surface area (Å²) >= 11 is 0. The Balaban J connectivity index is 1.24. The summed E-state index contributed by atoms with van der Waals surface area (Å²) in [4.78, 5) is 21.6. The molecule has 0 spiro atoms. The predicted molar refractivity (Wildman–Crippen MR) is 118 cm³/mol. The summed E-state index contributed by atoms with van der Waals surface area (Å²) in [5.74, 6) is 1.26. The van der Waals surface area contributed by atoms with E-state index >= 15 is 0 Å². The van der Waals surface area contributed by atoms with Crippen LogP contribution in [0, 0.1) is 5.92 Å². The number of sulfonamides is 1. The van der Waals surface area contributed by atoms with E-state index in [2.05, 4.69) is 9.88 Å². The molecule has 168 valence electrons. The number of piperidine rings is 1. The summed E-state index contributed by atoms with van der Waals surface area (Å²) in [6.45, 7) is 4.27. The Morgan fingerprint density at radius 2 is 1.71 bits per heavy atom. The molecule has 2 fully saturated rings. The third-order valence-electron chi connectivity index (χ3n) is 6.36. The van der Waals surface area contributed by atoms with Gasteiger partial charge in [-0.3, -0.25) is 9.69 Å². The number of aryl methyl sites for hydroxylation is 1. The molecule has 2 aliphatic heterocycles. The van der Waals surface area contributed by atoms with Crippen LogP contribution in [0.4, 0.5) is 0 Å². The standard InChI is InChI=1S/C22H31N5O3S/c1-24-12-9-23-21(24)17-25-10-7-20(8-11-25)22(28)26-13-15-27(16-14-26)31(29,30)18-19-5-3-2-4-6-19/h2-6,9,12,20H,7-8,10-11,13-18H2,1H3. The molecule has 0 radical (unpaired) electrons. The van der Waals surface area contributed by atoms with E-state index in [4.69, 9.17) is 0 Å². The molecule has 0 N–H and O–H groups in total. The number of imidazole rings is 1. The zero-order valence-electron chi connectivity index (χ0n) is 18.1. The number of nitrogens with zero attached hydrogens (tertiary/aromatic N) is 5. The third-order valence-corrected chi connectivity index (χ3v) is 8.21. The number of amides is 1. The maximum atomic E-state index is 13.0. The first-order valence-corrected chi connectivity index (χ1v) is 12.5. The number of piperazine rings is 1. The summed E-state index contributed by atoms with van der Waals surface area (Å²) in [5, 5.41) is 0. The molecule has 1 aromatic carbocycles. The molecule has 0 aliphatic carbocycles. The average molecular weight is 446 g/mol. The minimum absolute atomic E-state index is 0.0102. The number of rotatable bonds is 6. The van der Waals surface area contributed by atoms with Gasteiger partial charge >= 0.3 is 0 Å². The molecular weight excluding hydrogens is 414 g/mol. The van der Waals surface area contributed by atoms with E-state index in [1.807, 2.05) is 59.2 Å². The van der Waals surface area contributed by atoms with Crippen LogP contribution in [0.3, 0.4) is 0 Å². The number of benzene rings is 1. The van der Waals surface area contributed by atoms with Crippen LogP contribution in [0.15, 0.2) is 42.7 Å². The molecule has 2 saturated heterocycles. The lowest BCUT2D eigenvalue weighted by Gasteiger charge is -2.38. The zero-order valence-corrected chi connectivity index (χ0v) is 18.9. The van der Waals surface area contributed by atoms with Gasteiger partial charge in [0.25, 0.3) is 0 Å². The van der Waals surface area contributed by atoms with Crippen molar-refractivity contribution in [1.82, 2.24) is 23.7 Å². The molecule has 4 rings (SSSR count). The van der Waals surface area contributed by atoms with Crippen molar-refractivity contribution in [2.24, 2.45) is 13.0 Å². The molecule has 2 aromatic rings. The quantitative estimate of drug-likeness (QED) is 0.670. The summed E-state index contributed by atoms with van der Waals surface area (Å²) < 4.78 is 29.0. The van der Waals surface area contributed by atoms with Gasteiger partial charge in [0.05, 0.1) is 12.3 Å². The highest BCUT2D eigenvalue weighted by molar-refractivity contribution is 7.88. The molecule has 31 heavy (non-hydrogen) atoms. The van der Waals surface area contributed by atoms with E-state index in [1.165, 1.54) is 4.31 Å². The van der Waals surface area contributed by atoms with Crippen LogP contribution in [0.1, 0.15) is 24.2 Å². The van der Waals surface area contributed by atoms with Crippen molar-refractivity contribution in [3.05, 3.63) is 54.1 Å².